The summed E-state index contributed by atoms with van der Waals surface area (Å²) in [6.07, 6.45) is 5.54. The highest BCUT2D eigenvalue weighted by Crippen LogP contribution is 2.34. The van der Waals surface area contributed by atoms with Gasteiger partial charge >= 0.3 is 0 Å². The largest absolute Gasteiger partial charge is 0.361 e. The van der Waals surface area contributed by atoms with Gasteiger partial charge in [0.1, 0.15) is 11.0 Å². The van der Waals surface area contributed by atoms with Crippen LogP contribution in [0, 0.1) is 107 Å². The number of nitrogens with zero attached hydrogens (tertiary/aromatic N) is 8. The minimum absolute atomic E-state index is 0. The number of nitrogens with one attached hydrogen (secondary N) is 2. The van der Waals surface area contributed by atoms with Crippen molar-refractivity contribution in [2.24, 2.45) is 28.0 Å². The second-order valence-electron chi connectivity index (χ2n) is 7.78. The van der Waals surface area contributed by atoms with Gasteiger partial charge in [-0.05, 0) is 127 Å². The topological polar surface area (TPSA) is 163 Å². The first kappa shape index (κ1) is 33.0. The van der Waals surface area contributed by atoms with Crippen LogP contribution in [0.1, 0.15) is 31.0 Å². The Labute approximate surface area is 259 Å². The van der Waals surface area contributed by atoms with Crippen LogP contribution in [0.15, 0.2) is 56.3 Å². The van der Waals surface area contributed by atoms with Crippen LogP contribution in [-0.4, -0.2) is 24.9 Å². The maximum atomic E-state index is 8.91. The summed E-state index contributed by atoms with van der Waals surface area (Å²) in [7, 11) is 1.91. The van der Waals surface area contributed by atoms with Crippen molar-refractivity contribution in [2.75, 3.05) is 0 Å². The van der Waals surface area contributed by atoms with Gasteiger partial charge in [-0.2, -0.15) is 10.6 Å². The first-order chi connectivity index (χ1) is 21.5. The van der Waals surface area contributed by atoms with Crippen molar-refractivity contribution < 1.29 is 10.2 Å². The molecule has 0 atom stereocenters. The fourth-order valence-electron chi connectivity index (χ4n) is 3.34. The highest BCUT2D eigenvalue weighted by Gasteiger charge is 2.16. The molecule has 0 aliphatic heterocycles. The summed E-state index contributed by atoms with van der Waals surface area (Å²) < 4.78 is 7.09. The number of imidazole rings is 1. The van der Waals surface area contributed by atoms with E-state index in [9.17, 15) is 0 Å². The number of fused-ring (bicyclic) bond motifs is 1. The quantitative estimate of drug-likeness (QED) is 0.123. The zero-order valence-corrected chi connectivity index (χ0v) is 24.3. The van der Waals surface area contributed by atoms with Gasteiger partial charge < -0.3 is 9.51 Å². The summed E-state index contributed by atoms with van der Waals surface area (Å²) in [4.78, 5) is 16.5. The van der Waals surface area contributed by atoms with E-state index in [-0.39, 0.29) is 5.71 Å². The van der Waals surface area contributed by atoms with Gasteiger partial charge in [0.25, 0.3) is 0 Å². The molecule has 0 unspecified atom stereocenters. The Morgan fingerprint density at radius 3 is 1.91 bits per heavy atom. The van der Waals surface area contributed by atoms with Crippen molar-refractivity contribution in [3.05, 3.63) is 47.2 Å². The van der Waals surface area contributed by atoms with Crippen LogP contribution in [-0.2, 0) is 7.05 Å². The Hall–Kier alpha value is -7.17. The summed E-state index contributed by atoms with van der Waals surface area (Å²) in [6.45, 7) is 7.30. The third-order valence-corrected chi connectivity index (χ3v) is 4.92. The Morgan fingerprint density at radius 1 is 0.886 bits per heavy atom. The molecule has 12 nitrogen and oxygen atoms in total. The fourth-order valence-corrected chi connectivity index (χ4v) is 3.34. The van der Waals surface area contributed by atoms with Gasteiger partial charge in [-0.1, -0.05) is 17.0 Å². The third-order valence-electron chi connectivity index (χ3n) is 4.92. The Morgan fingerprint density at radius 2 is 1.48 bits per heavy atom. The average Bonchev–Trinajstić information content (AvgIpc) is 3.76. The van der Waals surface area contributed by atoms with E-state index in [1.807, 2.05) is 38.6 Å². The molecule has 3 heterocycles. The van der Waals surface area contributed by atoms with Gasteiger partial charge in [-0.3, -0.25) is 4.68 Å². The second-order valence-corrected chi connectivity index (χ2v) is 7.78. The van der Waals surface area contributed by atoms with Crippen molar-refractivity contribution in [3.8, 4) is 105 Å². The number of aromatic nitrogens is 5. The number of hydrogen-bond acceptors (Lipinski definition) is 6. The Bertz CT molecular complexity index is 2050. The number of rotatable bonds is 4. The second kappa shape index (κ2) is 19.0. The molecule has 4 aromatic rings. The molecule has 1 aromatic carbocycles. The van der Waals surface area contributed by atoms with E-state index in [4.69, 9.17) is 15.0 Å². The van der Waals surface area contributed by atoms with Crippen LogP contribution >= 0.6 is 0 Å². The molecule has 4 rings (SSSR count). The number of aryl methyl sites for hydroxylation is 3. The molecule has 3 aromatic heterocycles. The highest BCUT2D eigenvalue weighted by molar-refractivity contribution is 5.96. The van der Waals surface area contributed by atoms with Gasteiger partial charge in [-0.15, -0.1) is 4.91 Å². The summed E-state index contributed by atoms with van der Waals surface area (Å²) >= 11 is 0. The smallest absolute Gasteiger partial charge is 0.141 e. The number of hydrogen-bond donors (Lipinski definition) is 2. The minimum Gasteiger partial charge on any atom is -0.361 e. The summed E-state index contributed by atoms with van der Waals surface area (Å²) in [5.41, 5.74) is 12.8. The van der Waals surface area contributed by atoms with Crippen LogP contribution in [0.5, 0.6) is 0 Å². The molecule has 12 heteroatoms. The van der Waals surface area contributed by atoms with Crippen LogP contribution in [0.2, 0.25) is 0 Å². The van der Waals surface area contributed by atoms with E-state index < -0.39 is 0 Å². The van der Waals surface area contributed by atoms with E-state index in [2.05, 4.69) is 131 Å². The first-order valence-corrected chi connectivity index (χ1v) is 12.3. The lowest BCUT2D eigenvalue weighted by Crippen LogP contribution is -1.87. The van der Waals surface area contributed by atoms with Crippen LogP contribution < -0.4 is 0 Å². The molecule has 0 bridgehead atoms. The maximum Gasteiger partial charge on any atom is 0.141 e. The van der Waals surface area contributed by atoms with Gasteiger partial charge in [-0.25, -0.2) is 4.98 Å². The lowest BCUT2D eigenvalue weighted by atomic mass is 9.98. The third kappa shape index (κ3) is 10.8. The Kier molecular flexibility index (Phi) is 14.3. The molecule has 0 saturated carbocycles. The van der Waals surface area contributed by atoms with Gasteiger partial charge in [0.2, 0.25) is 0 Å². The van der Waals surface area contributed by atoms with Crippen molar-refractivity contribution >= 4 is 11.0 Å². The van der Waals surface area contributed by atoms with E-state index in [1.54, 1.807) is 24.9 Å². The van der Waals surface area contributed by atoms with Crippen molar-refractivity contribution in [3.63, 3.8) is 0 Å². The van der Waals surface area contributed by atoms with E-state index >= 15 is 0 Å². The molecule has 220 valence electrons. The molecule has 0 aliphatic rings. The molecule has 0 spiro atoms. The van der Waals surface area contributed by atoms with Crippen molar-refractivity contribution in [2.45, 2.75) is 27.7 Å². The molecule has 0 saturated heterocycles. The number of benzene rings is 1. The monoisotopic (exact) mass is 586 g/mol. The van der Waals surface area contributed by atoms with Crippen LogP contribution in [0.4, 0.5) is 0 Å². The first-order valence-electron chi connectivity index (χ1n) is 12.3. The molecular weight excluding hydrogens is 556 g/mol. The molecule has 0 amide bonds. The van der Waals surface area contributed by atoms with Crippen molar-refractivity contribution in [1.82, 2.24) is 24.9 Å². The number of aromatic amines is 1. The highest BCUT2D eigenvalue weighted by atomic mass is 16.5. The summed E-state index contributed by atoms with van der Waals surface area (Å²) in [6, 6.07) is 4.20. The summed E-state index contributed by atoms with van der Waals surface area (Å²) in [5, 5.41) is 17.5. The zero-order valence-electron chi connectivity index (χ0n) is 24.3. The SMILES string of the molecule is CC#CC#CC#CC#CC#CC#CC#CC.Cc1noc(C)c1-c1cc(-c2cnn(C)c2)c2nc[nH]c2c1.N=N/N=N/N=O.[HH].[HH].[HH].[HH]. The number of nitroso groups, excluding NO2 is 1. The lowest BCUT2D eigenvalue weighted by molar-refractivity contribution is 0.393. The van der Waals surface area contributed by atoms with Gasteiger partial charge in [0, 0.05) is 40.9 Å². The lowest BCUT2D eigenvalue weighted by Gasteiger charge is -2.05. The van der Waals surface area contributed by atoms with E-state index in [0.29, 0.717) is 0 Å². The summed E-state index contributed by atoms with van der Waals surface area (Å²) in [5.74, 6) is 36.4. The standard InChI is InChI=1S/C16H15N5O.C16H6.HN5O.4H2/c1-9-15(10(2)22-20-9)11-4-13(12-6-19-21(3)7-12)16-14(5-11)17-8-18-16;1-3-5-7-9-11-13-15-16-14-12-10-8-6-4-2;1-2-3-4-5-6;;;;/h4-8H,1-3H3,(H,17,18);1-2H3;1H;4*1H/b;;2-1?,4-3+;;;;. The van der Waals surface area contributed by atoms with Gasteiger partial charge in [0.05, 0.1) is 29.3 Å². The molecule has 0 radical (unpaired) electrons. The predicted molar refractivity (Wildman–Crippen MR) is 173 cm³/mol. The van der Waals surface area contributed by atoms with Gasteiger partial charge in [0.15, 0.2) is 0 Å². The predicted octanol–water partition coefficient (Wildman–Crippen LogP) is 6.34. The molecular formula is C32H30N10O2. The van der Waals surface area contributed by atoms with E-state index in [0.717, 1.165) is 44.7 Å². The van der Waals surface area contributed by atoms with Crippen molar-refractivity contribution in [1.29, 1.82) is 5.53 Å². The average molecular weight is 587 g/mol. The zero-order chi connectivity index (χ0) is 32.0. The fraction of sp³-hybridized carbons (Fsp3) is 0.156. The number of H-pyrrole nitrogens is 1. The molecule has 2 N–H and O–H groups in total. The maximum absolute atomic E-state index is 8.91. The molecule has 44 heavy (non-hydrogen) atoms. The van der Waals surface area contributed by atoms with Crippen LogP contribution in [0.3, 0.4) is 0 Å². The normalized spacial score (nSPS) is 8.30. The van der Waals surface area contributed by atoms with E-state index in [1.165, 1.54) is 0 Å². The minimum atomic E-state index is 0. The Balaban J connectivity index is -0.000000697. The van der Waals surface area contributed by atoms with Crippen LogP contribution in [0.25, 0.3) is 33.3 Å². The molecule has 0 aliphatic carbocycles. The molecule has 0 fully saturated rings.